The minimum Gasteiger partial charge on any atom is -0.395 e. The van der Waals surface area contributed by atoms with Crippen molar-refractivity contribution in [3.63, 3.8) is 0 Å². The van der Waals surface area contributed by atoms with E-state index in [1.165, 1.54) is 4.31 Å². The van der Waals surface area contributed by atoms with Gasteiger partial charge < -0.3 is 5.11 Å². The van der Waals surface area contributed by atoms with Crippen molar-refractivity contribution in [3.8, 4) is 0 Å². The zero-order valence-corrected chi connectivity index (χ0v) is 15.0. The molecule has 0 aromatic heterocycles. The Balaban J connectivity index is 1.86. The van der Waals surface area contributed by atoms with Crippen LogP contribution in [0.4, 0.5) is 0 Å². The molecule has 0 amide bonds. The maximum Gasteiger partial charge on any atom is 0.243 e. The van der Waals surface area contributed by atoms with Gasteiger partial charge in [-0.3, -0.25) is 0 Å². The number of hydrogen-bond acceptors (Lipinski definition) is 3. The number of hydrogen-bond donors (Lipinski definition) is 1. The van der Waals surface area contributed by atoms with E-state index >= 15 is 0 Å². The molecule has 1 aliphatic carbocycles. The molecular weight excluding hydrogens is 334 g/mol. The fraction of sp³-hybridized carbons (Fsp3) is 0.300. The Morgan fingerprint density at radius 2 is 1.88 bits per heavy atom. The van der Waals surface area contributed by atoms with Crippen LogP contribution in [-0.2, 0) is 16.4 Å². The van der Waals surface area contributed by atoms with Crippen LogP contribution >= 0.6 is 0 Å². The monoisotopic (exact) mass is 355 g/mol. The average Bonchev–Trinajstić information content (AvgIpc) is 3.09. The van der Waals surface area contributed by atoms with Crippen molar-refractivity contribution in [1.29, 1.82) is 0 Å². The number of sulfonamides is 1. The summed E-state index contributed by atoms with van der Waals surface area (Å²) in [5.41, 5.74) is 3.24. The van der Waals surface area contributed by atoms with Gasteiger partial charge in [0.2, 0.25) is 10.0 Å². The largest absolute Gasteiger partial charge is 0.395 e. The highest BCUT2D eigenvalue weighted by molar-refractivity contribution is 7.89. The highest BCUT2D eigenvalue weighted by atomic mass is 32.2. The Morgan fingerprint density at radius 1 is 1.20 bits per heavy atom. The van der Waals surface area contributed by atoms with Crippen molar-refractivity contribution in [3.05, 3.63) is 77.4 Å². The highest BCUT2D eigenvalue weighted by Gasteiger charge is 2.58. The van der Waals surface area contributed by atoms with Gasteiger partial charge in [-0.15, -0.1) is 0 Å². The van der Waals surface area contributed by atoms with Gasteiger partial charge in [-0.25, -0.2) is 8.42 Å². The van der Waals surface area contributed by atoms with E-state index < -0.39 is 21.5 Å². The topological polar surface area (TPSA) is 57.6 Å². The predicted molar refractivity (Wildman–Crippen MR) is 96.6 cm³/mol. The second kappa shape index (κ2) is 5.53. The van der Waals surface area contributed by atoms with Crippen LogP contribution in [-0.4, -0.2) is 31.0 Å². The van der Waals surface area contributed by atoms with Crippen LogP contribution < -0.4 is 0 Å². The molecule has 1 N–H and O–H groups in total. The van der Waals surface area contributed by atoms with Crippen molar-refractivity contribution >= 4 is 10.0 Å². The Morgan fingerprint density at radius 3 is 2.56 bits per heavy atom. The lowest BCUT2D eigenvalue weighted by atomic mass is 9.79. The van der Waals surface area contributed by atoms with Crippen LogP contribution in [0.25, 0.3) is 0 Å². The van der Waals surface area contributed by atoms with E-state index in [1.807, 2.05) is 31.2 Å². The molecule has 2 aromatic carbocycles. The third-order valence-corrected chi connectivity index (χ3v) is 7.45. The molecule has 2 aromatic rings. The van der Waals surface area contributed by atoms with Crippen LogP contribution in [0.3, 0.4) is 0 Å². The molecule has 1 fully saturated rings. The van der Waals surface area contributed by atoms with E-state index in [0.29, 0.717) is 6.42 Å². The number of fused-ring (bicyclic) bond motifs is 3. The van der Waals surface area contributed by atoms with Crippen molar-refractivity contribution in [2.45, 2.75) is 24.3 Å². The van der Waals surface area contributed by atoms with Crippen LogP contribution in [0.1, 0.15) is 22.7 Å². The minimum absolute atomic E-state index is 0.106. The predicted octanol–water partition coefficient (Wildman–Crippen LogP) is 2.83. The second-order valence-corrected chi connectivity index (χ2v) is 8.95. The summed E-state index contributed by atoms with van der Waals surface area (Å²) >= 11 is 0. The van der Waals surface area contributed by atoms with Crippen molar-refractivity contribution < 1.29 is 13.5 Å². The van der Waals surface area contributed by atoms with E-state index in [-0.39, 0.29) is 18.0 Å². The normalized spacial score (nSPS) is 25.8. The van der Waals surface area contributed by atoms with Gasteiger partial charge in [-0.05, 0) is 36.6 Å². The maximum atomic E-state index is 13.3. The number of aliphatic hydroxyl groups is 1. The SMILES string of the molecule is C=C1CN(S(=O)(=O)c2ccc(C)cc2)[C@H]2c3ccccc3C[C@@]12CO. The van der Waals surface area contributed by atoms with E-state index in [0.717, 1.165) is 22.3 Å². The Kier molecular flexibility index (Phi) is 3.65. The first-order chi connectivity index (χ1) is 11.9. The second-order valence-electron chi connectivity index (χ2n) is 7.06. The van der Waals surface area contributed by atoms with Crippen LogP contribution in [0, 0.1) is 12.3 Å². The molecule has 0 radical (unpaired) electrons. The molecule has 2 aliphatic rings. The lowest BCUT2D eigenvalue weighted by molar-refractivity contribution is 0.133. The summed E-state index contributed by atoms with van der Waals surface area (Å²) in [7, 11) is -3.67. The zero-order chi connectivity index (χ0) is 17.8. The quantitative estimate of drug-likeness (QED) is 0.862. The van der Waals surface area contributed by atoms with Gasteiger partial charge in [-0.1, -0.05) is 54.1 Å². The minimum atomic E-state index is -3.67. The first-order valence-electron chi connectivity index (χ1n) is 8.35. The van der Waals surface area contributed by atoms with Gasteiger partial charge in [0.05, 0.1) is 17.5 Å². The van der Waals surface area contributed by atoms with Crippen molar-refractivity contribution in [2.24, 2.45) is 5.41 Å². The molecular formula is C20H21NO3S. The van der Waals surface area contributed by atoms with Gasteiger partial charge in [0.25, 0.3) is 0 Å². The van der Waals surface area contributed by atoms with E-state index in [2.05, 4.69) is 6.58 Å². The van der Waals surface area contributed by atoms with Crippen molar-refractivity contribution in [2.75, 3.05) is 13.2 Å². The van der Waals surface area contributed by atoms with Gasteiger partial charge in [0.1, 0.15) is 0 Å². The molecule has 1 aliphatic heterocycles. The molecule has 2 atom stereocenters. The molecule has 4 rings (SSSR count). The molecule has 25 heavy (non-hydrogen) atoms. The average molecular weight is 355 g/mol. The standard InChI is InChI=1S/C20H21NO3S/c1-14-7-9-17(10-8-14)25(23,24)21-12-15(2)20(13-22)11-16-5-3-4-6-18(16)19(20)21/h3-10,19,22H,2,11-13H2,1H3/t19-,20+/m0/s1. The van der Waals surface area contributed by atoms with Gasteiger partial charge >= 0.3 is 0 Å². The molecule has 1 heterocycles. The van der Waals surface area contributed by atoms with Gasteiger partial charge in [0.15, 0.2) is 0 Å². The summed E-state index contributed by atoms with van der Waals surface area (Å²) in [6, 6.07) is 14.4. The molecule has 0 spiro atoms. The molecule has 0 unspecified atom stereocenters. The van der Waals surface area contributed by atoms with Crippen molar-refractivity contribution in [1.82, 2.24) is 4.31 Å². The summed E-state index contributed by atoms with van der Waals surface area (Å²) in [4.78, 5) is 0.282. The summed E-state index contributed by atoms with van der Waals surface area (Å²) < 4.78 is 28.1. The fourth-order valence-corrected chi connectivity index (χ4v) is 5.88. The van der Waals surface area contributed by atoms with Crippen LogP contribution in [0.2, 0.25) is 0 Å². The fourth-order valence-electron chi connectivity index (χ4n) is 4.21. The third-order valence-electron chi connectivity index (χ3n) is 5.63. The zero-order valence-electron chi connectivity index (χ0n) is 14.1. The molecule has 0 saturated carbocycles. The number of benzene rings is 2. The first-order valence-corrected chi connectivity index (χ1v) is 9.79. The summed E-state index contributed by atoms with van der Waals surface area (Å²) in [6.45, 7) is 6.20. The lowest BCUT2D eigenvalue weighted by Gasteiger charge is -2.31. The van der Waals surface area contributed by atoms with E-state index in [9.17, 15) is 13.5 Å². The van der Waals surface area contributed by atoms with E-state index in [4.69, 9.17) is 0 Å². The molecule has 1 saturated heterocycles. The molecule has 5 heteroatoms. The lowest BCUT2D eigenvalue weighted by Crippen LogP contribution is -2.35. The summed E-state index contributed by atoms with van der Waals surface area (Å²) in [5, 5.41) is 10.2. The summed E-state index contributed by atoms with van der Waals surface area (Å²) in [5.74, 6) is 0. The Bertz CT molecular complexity index is 949. The molecule has 130 valence electrons. The van der Waals surface area contributed by atoms with Gasteiger partial charge in [0, 0.05) is 12.0 Å². The number of aliphatic hydroxyl groups excluding tert-OH is 1. The number of nitrogens with zero attached hydrogens (tertiary/aromatic N) is 1. The third kappa shape index (κ3) is 2.23. The molecule has 4 nitrogen and oxygen atoms in total. The van der Waals surface area contributed by atoms with Gasteiger partial charge in [-0.2, -0.15) is 4.31 Å². The molecule has 0 bridgehead atoms. The first kappa shape index (κ1) is 16.5. The highest BCUT2D eigenvalue weighted by Crippen LogP contribution is 2.58. The Labute approximate surface area is 148 Å². The summed E-state index contributed by atoms with van der Waals surface area (Å²) in [6.07, 6.45) is 0.628. The Hall–Kier alpha value is -1.95. The maximum absolute atomic E-state index is 13.3. The number of rotatable bonds is 3. The number of aryl methyl sites for hydroxylation is 1. The smallest absolute Gasteiger partial charge is 0.243 e. The van der Waals surface area contributed by atoms with E-state index in [1.54, 1.807) is 24.3 Å². The van der Waals surface area contributed by atoms with Crippen LogP contribution in [0.15, 0.2) is 65.6 Å². The van der Waals surface area contributed by atoms with Crippen LogP contribution in [0.5, 0.6) is 0 Å².